The van der Waals surface area contributed by atoms with Crippen molar-refractivity contribution in [3.63, 3.8) is 0 Å². The normalized spacial score (nSPS) is 13.9. The van der Waals surface area contributed by atoms with Crippen LogP contribution in [0.25, 0.3) is 0 Å². The van der Waals surface area contributed by atoms with E-state index < -0.39 is 48.3 Å². The standard InChI is InChI=1S/C16H25N5O6S/c1-28-5-4-10(17)14(24)21-12(6-9-7-18-8-19-9)15(25)20-11(16(26)27)2-3-13(22)23/h7-8,10-12H,2-6,17H2,1H3,(H,18,19)(H,20,25)(H,21,24)(H,22,23)(H,26,27)/t10-,11-,12-/m0/s1. The Bertz CT molecular complexity index is 668. The van der Waals surface area contributed by atoms with Gasteiger partial charge in [-0.3, -0.25) is 14.4 Å². The van der Waals surface area contributed by atoms with Crippen LogP contribution in [0, 0.1) is 0 Å². The van der Waals surface area contributed by atoms with Crippen LogP contribution in [0.1, 0.15) is 25.0 Å². The summed E-state index contributed by atoms with van der Waals surface area (Å²) < 4.78 is 0. The van der Waals surface area contributed by atoms with Gasteiger partial charge in [0.25, 0.3) is 0 Å². The van der Waals surface area contributed by atoms with Gasteiger partial charge in [-0.05, 0) is 24.9 Å². The van der Waals surface area contributed by atoms with Crippen LogP contribution < -0.4 is 16.4 Å². The number of imidazole rings is 1. The van der Waals surface area contributed by atoms with Crippen LogP contribution in [0.15, 0.2) is 12.5 Å². The van der Waals surface area contributed by atoms with Crippen LogP contribution in [0.4, 0.5) is 0 Å². The molecule has 28 heavy (non-hydrogen) atoms. The van der Waals surface area contributed by atoms with Crippen LogP contribution in [0.5, 0.6) is 0 Å². The average molecular weight is 415 g/mol. The third-order valence-corrected chi connectivity index (χ3v) is 4.49. The zero-order valence-corrected chi connectivity index (χ0v) is 16.2. The molecule has 0 aliphatic carbocycles. The van der Waals surface area contributed by atoms with Gasteiger partial charge in [0.2, 0.25) is 11.8 Å². The highest BCUT2D eigenvalue weighted by Gasteiger charge is 2.28. The summed E-state index contributed by atoms with van der Waals surface area (Å²) in [7, 11) is 0. The molecule has 1 aromatic rings. The van der Waals surface area contributed by atoms with Crippen molar-refractivity contribution in [2.45, 2.75) is 43.8 Å². The molecule has 1 heterocycles. The van der Waals surface area contributed by atoms with E-state index in [1.54, 1.807) is 0 Å². The lowest BCUT2D eigenvalue weighted by Gasteiger charge is -2.22. The highest BCUT2D eigenvalue weighted by Crippen LogP contribution is 2.05. The number of nitrogens with zero attached hydrogens (tertiary/aromatic N) is 1. The van der Waals surface area contributed by atoms with Gasteiger partial charge in [0.15, 0.2) is 0 Å². The second kappa shape index (κ2) is 12.0. The fraction of sp³-hybridized carbons (Fsp3) is 0.562. The Balaban J connectivity index is 2.84. The minimum Gasteiger partial charge on any atom is -0.481 e. The highest BCUT2D eigenvalue weighted by molar-refractivity contribution is 7.98. The number of carbonyl (C=O) groups excluding carboxylic acids is 2. The largest absolute Gasteiger partial charge is 0.481 e. The summed E-state index contributed by atoms with van der Waals surface area (Å²) in [6.07, 6.45) is 4.51. The van der Waals surface area contributed by atoms with Gasteiger partial charge >= 0.3 is 11.9 Å². The lowest BCUT2D eigenvalue weighted by molar-refractivity contribution is -0.143. The molecular formula is C16H25N5O6S. The molecule has 3 atom stereocenters. The number of carboxylic acid groups (broad SMARTS) is 2. The molecule has 0 radical (unpaired) electrons. The summed E-state index contributed by atoms with van der Waals surface area (Å²) in [6.45, 7) is 0. The number of thioether (sulfide) groups is 1. The fourth-order valence-electron chi connectivity index (χ4n) is 2.28. The van der Waals surface area contributed by atoms with Crippen molar-refractivity contribution in [2.24, 2.45) is 5.73 Å². The Morgan fingerprint density at radius 3 is 2.39 bits per heavy atom. The number of carbonyl (C=O) groups is 4. The van der Waals surface area contributed by atoms with Gasteiger partial charge in [-0.15, -0.1) is 0 Å². The number of hydrogen-bond acceptors (Lipinski definition) is 7. The number of hydrogen-bond donors (Lipinski definition) is 6. The Morgan fingerprint density at radius 1 is 1.18 bits per heavy atom. The maximum atomic E-state index is 12.6. The van der Waals surface area contributed by atoms with E-state index in [4.69, 9.17) is 10.8 Å². The fourth-order valence-corrected chi connectivity index (χ4v) is 2.77. The molecule has 0 unspecified atom stereocenters. The van der Waals surface area contributed by atoms with Gasteiger partial charge < -0.3 is 31.6 Å². The molecule has 11 nitrogen and oxygen atoms in total. The molecule has 0 aromatic carbocycles. The van der Waals surface area contributed by atoms with Gasteiger partial charge in [0.1, 0.15) is 12.1 Å². The molecule has 12 heteroatoms. The topological polar surface area (TPSA) is 187 Å². The van der Waals surface area contributed by atoms with Crippen molar-refractivity contribution < 1.29 is 29.4 Å². The van der Waals surface area contributed by atoms with Crippen LogP contribution in [0.3, 0.4) is 0 Å². The first-order chi connectivity index (χ1) is 13.2. The Labute approximate surface area is 165 Å². The number of carboxylic acids is 2. The molecule has 0 bridgehead atoms. The van der Waals surface area contributed by atoms with Crippen molar-refractivity contribution in [1.29, 1.82) is 0 Å². The van der Waals surface area contributed by atoms with E-state index in [1.165, 1.54) is 24.3 Å². The summed E-state index contributed by atoms with van der Waals surface area (Å²) in [5.41, 5.74) is 6.37. The number of aromatic amines is 1. The molecule has 0 aliphatic rings. The Kier molecular flexibility index (Phi) is 10.0. The van der Waals surface area contributed by atoms with Crippen LogP contribution in [-0.2, 0) is 25.6 Å². The first-order valence-electron chi connectivity index (χ1n) is 8.51. The van der Waals surface area contributed by atoms with Crippen molar-refractivity contribution in [3.8, 4) is 0 Å². The van der Waals surface area contributed by atoms with E-state index >= 15 is 0 Å². The highest BCUT2D eigenvalue weighted by atomic mass is 32.2. The van der Waals surface area contributed by atoms with Crippen molar-refractivity contribution in [1.82, 2.24) is 20.6 Å². The molecule has 0 spiro atoms. The smallest absolute Gasteiger partial charge is 0.326 e. The minimum absolute atomic E-state index is 0.0398. The molecular weight excluding hydrogens is 390 g/mol. The molecule has 2 amide bonds. The summed E-state index contributed by atoms with van der Waals surface area (Å²) in [4.78, 5) is 53.5. The quantitative estimate of drug-likeness (QED) is 0.234. The molecule has 7 N–H and O–H groups in total. The van der Waals surface area contributed by atoms with Gasteiger partial charge in [-0.25, -0.2) is 9.78 Å². The van der Waals surface area contributed by atoms with Crippen molar-refractivity contribution in [3.05, 3.63) is 18.2 Å². The second-order valence-corrected chi connectivity index (χ2v) is 7.05. The van der Waals surface area contributed by atoms with Crippen LogP contribution >= 0.6 is 11.8 Å². The Morgan fingerprint density at radius 2 is 1.86 bits per heavy atom. The number of aliphatic carboxylic acids is 2. The first-order valence-corrected chi connectivity index (χ1v) is 9.91. The van der Waals surface area contributed by atoms with E-state index in [1.807, 2.05) is 6.26 Å². The van der Waals surface area contributed by atoms with E-state index in [0.29, 0.717) is 17.9 Å². The second-order valence-electron chi connectivity index (χ2n) is 6.06. The summed E-state index contributed by atoms with van der Waals surface area (Å²) >= 11 is 1.53. The summed E-state index contributed by atoms with van der Waals surface area (Å²) in [5.74, 6) is -3.16. The van der Waals surface area contributed by atoms with Gasteiger partial charge in [0.05, 0.1) is 12.4 Å². The maximum absolute atomic E-state index is 12.6. The van der Waals surface area contributed by atoms with Crippen LogP contribution in [-0.4, -0.2) is 74.1 Å². The number of rotatable bonds is 13. The zero-order chi connectivity index (χ0) is 21.1. The number of aromatic nitrogens is 2. The predicted octanol–water partition coefficient (Wildman–Crippen LogP) is -1.05. The monoisotopic (exact) mass is 415 g/mol. The SMILES string of the molecule is CSCC[C@H](N)C(=O)N[C@@H](Cc1cnc[nH]1)C(=O)N[C@@H](CCC(=O)O)C(=O)O. The predicted molar refractivity (Wildman–Crippen MR) is 102 cm³/mol. The van der Waals surface area contributed by atoms with Gasteiger partial charge in [0, 0.05) is 24.7 Å². The van der Waals surface area contributed by atoms with Crippen LogP contribution in [0.2, 0.25) is 0 Å². The number of H-pyrrole nitrogens is 1. The minimum atomic E-state index is -1.39. The number of nitrogens with two attached hydrogens (primary N) is 1. The van der Waals surface area contributed by atoms with E-state index in [9.17, 15) is 24.3 Å². The van der Waals surface area contributed by atoms with Crippen molar-refractivity contribution in [2.75, 3.05) is 12.0 Å². The van der Waals surface area contributed by atoms with E-state index in [-0.39, 0.29) is 12.8 Å². The first kappa shape index (κ1) is 23.4. The zero-order valence-electron chi connectivity index (χ0n) is 15.4. The third-order valence-electron chi connectivity index (χ3n) is 3.84. The maximum Gasteiger partial charge on any atom is 0.326 e. The van der Waals surface area contributed by atoms with Gasteiger partial charge in [-0.1, -0.05) is 0 Å². The Hall–Kier alpha value is -2.60. The average Bonchev–Trinajstić information content (AvgIpc) is 3.14. The molecule has 1 rings (SSSR count). The summed E-state index contributed by atoms with van der Waals surface area (Å²) in [5, 5.41) is 22.7. The molecule has 0 saturated heterocycles. The van der Waals surface area contributed by atoms with E-state index in [2.05, 4.69) is 20.6 Å². The lowest BCUT2D eigenvalue weighted by Crippen LogP contribution is -2.55. The molecule has 0 saturated carbocycles. The molecule has 0 fully saturated rings. The van der Waals surface area contributed by atoms with Gasteiger partial charge in [-0.2, -0.15) is 11.8 Å². The number of amides is 2. The molecule has 0 aliphatic heterocycles. The van der Waals surface area contributed by atoms with Crippen molar-refractivity contribution >= 4 is 35.5 Å². The lowest BCUT2D eigenvalue weighted by atomic mass is 10.1. The summed E-state index contributed by atoms with van der Waals surface area (Å²) in [6, 6.07) is -3.30. The third kappa shape index (κ3) is 8.39. The molecule has 156 valence electrons. The van der Waals surface area contributed by atoms with E-state index in [0.717, 1.165) is 0 Å². The number of nitrogens with one attached hydrogen (secondary N) is 3. The molecule has 1 aromatic heterocycles.